The highest BCUT2D eigenvalue weighted by molar-refractivity contribution is 6.46. The van der Waals surface area contributed by atoms with E-state index in [-0.39, 0.29) is 24.5 Å². The lowest BCUT2D eigenvalue weighted by Gasteiger charge is -2.22. The predicted octanol–water partition coefficient (Wildman–Crippen LogP) is 2.75. The van der Waals surface area contributed by atoms with Crippen molar-refractivity contribution in [1.82, 2.24) is 4.90 Å². The first-order valence-electron chi connectivity index (χ1n) is 8.62. The molecule has 2 aromatic rings. The Labute approximate surface area is 156 Å². The van der Waals surface area contributed by atoms with Crippen LogP contribution >= 0.6 is 0 Å². The number of benzene rings is 1. The number of ketones is 1. The summed E-state index contributed by atoms with van der Waals surface area (Å²) in [4.78, 5) is 26.5. The largest absolute Gasteiger partial charge is 0.507 e. The molecule has 3 rings (SSSR count). The maximum Gasteiger partial charge on any atom is 0.295 e. The summed E-state index contributed by atoms with van der Waals surface area (Å²) in [5, 5.41) is 10.8. The summed E-state index contributed by atoms with van der Waals surface area (Å²) in [5.74, 6) is -0.646. The number of nitrogens with zero attached hydrogens (tertiary/aromatic N) is 1. The highest BCUT2D eigenvalue weighted by Crippen LogP contribution is 2.39. The van der Waals surface area contributed by atoms with Gasteiger partial charge in [-0.05, 0) is 43.3 Å². The summed E-state index contributed by atoms with van der Waals surface area (Å²) in [6.45, 7) is 2.85. The molecule has 0 bridgehead atoms. The van der Waals surface area contributed by atoms with Crippen LogP contribution in [0.15, 0.2) is 52.7 Å². The highest BCUT2D eigenvalue weighted by atomic mass is 16.5. The Hall–Kier alpha value is -3.06. The number of ether oxygens (including phenoxy) is 2. The van der Waals surface area contributed by atoms with Crippen LogP contribution in [-0.4, -0.2) is 48.6 Å². The van der Waals surface area contributed by atoms with Crippen LogP contribution in [0.3, 0.4) is 0 Å². The molecule has 7 nitrogen and oxygen atoms in total. The van der Waals surface area contributed by atoms with Crippen LogP contribution in [0.5, 0.6) is 5.75 Å². The van der Waals surface area contributed by atoms with Gasteiger partial charge in [-0.3, -0.25) is 9.59 Å². The van der Waals surface area contributed by atoms with Crippen molar-refractivity contribution in [1.29, 1.82) is 0 Å². The number of hydrogen-bond donors (Lipinski definition) is 1. The number of likely N-dealkylation sites (tertiary alicyclic amines) is 1. The van der Waals surface area contributed by atoms with Crippen LogP contribution in [0, 0.1) is 0 Å². The molecule has 1 N–H and O–H groups in total. The van der Waals surface area contributed by atoms with E-state index in [0.717, 1.165) is 0 Å². The molecule has 1 aromatic carbocycles. The number of amides is 1. The second kappa shape index (κ2) is 8.09. The summed E-state index contributed by atoms with van der Waals surface area (Å²) in [7, 11) is 1.51. The number of aliphatic hydroxyl groups excluding tert-OH is 1. The maximum absolute atomic E-state index is 12.7. The van der Waals surface area contributed by atoms with E-state index in [9.17, 15) is 14.7 Å². The number of rotatable bonds is 7. The van der Waals surface area contributed by atoms with E-state index in [1.807, 2.05) is 6.92 Å². The van der Waals surface area contributed by atoms with Crippen LogP contribution in [0.1, 0.15) is 24.3 Å². The SMILES string of the molecule is CCOc1ccc(/C(O)=C2/C(=O)C(=O)N(CCOC)C2c2ccco2)cc1. The molecule has 0 saturated carbocycles. The standard InChI is InChI=1S/C20H21NO6/c1-3-26-14-8-6-13(7-9-14)18(22)16-17(15-5-4-11-27-15)21(10-12-25-2)20(24)19(16)23/h4-9,11,17,22H,3,10,12H2,1-2H3/b18-16-. The lowest BCUT2D eigenvalue weighted by molar-refractivity contribution is -0.140. The third kappa shape index (κ3) is 3.59. The fourth-order valence-electron chi connectivity index (χ4n) is 3.07. The fraction of sp³-hybridized carbons (Fsp3) is 0.300. The fourth-order valence-corrected chi connectivity index (χ4v) is 3.07. The predicted molar refractivity (Wildman–Crippen MR) is 97.2 cm³/mol. The van der Waals surface area contributed by atoms with Crippen LogP contribution in [0.25, 0.3) is 5.76 Å². The van der Waals surface area contributed by atoms with Gasteiger partial charge in [0.1, 0.15) is 23.3 Å². The summed E-state index contributed by atoms with van der Waals surface area (Å²) in [6.07, 6.45) is 1.46. The van der Waals surface area contributed by atoms with Gasteiger partial charge in [-0.25, -0.2) is 0 Å². The number of aliphatic hydroxyl groups is 1. The van der Waals surface area contributed by atoms with E-state index >= 15 is 0 Å². The summed E-state index contributed by atoms with van der Waals surface area (Å²) in [6, 6.07) is 9.21. The summed E-state index contributed by atoms with van der Waals surface area (Å²) in [5.41, 5.74) is 0.412. The van der Waals surface area contributed by atoms with Crippen molar-refractivity contribution in [3.63, 3.8) is 0 Å². The molecule has 7 heteroatoms. The normalized spacial score (nSPS) is 18.9. The monoisotopic (exact) mass is 371 g/mol. The van der Waals surface area contributed by atoms with E-state index in [1.165, 1.54) is 18.3 Å². The van der Waals surface area contributed by atoms with Crippen molar-refractivity contribution < 1.29 is 28.6 Å². The quantitative estimate of drug-likeness (QED) is 0.457. The number of furan rings is 1. The van der Waals surface area contributed by atoms with E-state index in [1.54, 1.807) is 36.4 Å². The highest BCUT2D eigenvalue weighted by Gasteiger charge is 2.47. The Morgan fingerprint density at radius 3 is 2.56 bits per heavy atom. The van der Waals surface area contributed by atoms with Crippen LogP contribution in [-0.2, 0) is 14.3 Å². The molecule has 1 atom stereocenters. The minimum absolute atomic E-state index is 0.00443. The number of carbonyl (C=O) groups excluding carboxylic acids is 2. The molecule has 1 unspecified atom stereocenters. The number of methoxy groups -OCH3 is 1. The van der Waals surface area contributed by atoms with Gasteiger partial charge in [0.25, 0.3) is 11.7 Å². The van der Waals surface area contributed by atoms with Gasteiger partial charge >= 0.3 is 0 Å². The Morgan fingerprint density at radius 1 is 1.22 bits per heavy atom. The van der Waals surface area contributed by atoms with Gasteiger partial charge in [0.15, 0.2) is 0 Å². The topological polar surface area (TPSA) is 89.2 Å². The van der Waals surface area contributed by atoms with Crippen molar-refractivity contribution in [2.24, 2.45) is 0 Å². The van der Waals surface area contributed by atoms with E-state index in [0.29, 0.717) is 23.7 Å². The van der Waals surface area contributed by atoms with Crippen molar-refractivity contribution >= 4 is 17.4 Å². The molecule has 1 saturated heterocycles. The molecule has 1 aromatic heterocycles. The summed E-state index contributed by atoms with van der Waals surface area (Å²) < 4.78 is 15.9. The molecule has 1 fully saturated rings. The second-order valence-corrected chi connectivity index (χ2v) is 5.96. The number of carbonyl (C=O) groups is 2. The molecule has 0 aliphatic carbocycles. The average Bonchev–Trinajstić information content (AvgIpc) is 3.28. The van der Waals surface area contributed by atoms with Crippen LogP contribution in [0.4, 0.5) is 0 Å². The third-order valence-electron chi connectivity index (χ3n) is 4.33. The number of hydrogen-bond acceptors (Lipinski definition) is 6. The van der Waals surface area contributed by atoms with E-state index in [2.05, 4.69) is 0 Å². The van der Waals surface area contributed by atoms with Crippen LogP contribution < -0.4 is 4.74 Å². The molecule has 1 aliphatic heterocycles. The summed E-state index contributed by atoms with van der Waals surface area (Å²) >= 11 is 0. The minimum atomic E-state index is -0.804. The number of Topliss-reactive ketones (excluding diaryl/α,β-unsaturated/α-hetero) is 1. The van der Waals surface area contributed by atoms with Gasteiger partial charge in [0, 0.05) is 19.2 Å². The van der Waals surface area contributed by atoms with Gasteiger partial charge < -0.3 is 23.9 Å². The zero-order chi connectivity index (χ0) is 19.4. The van der Waals surface area contributed by atoms with Crippen molar-refractivity contribution in [3.8, 4) is 5.75 Å². The van der Waals surface area contributed by atoms with E-state index < -0.39 is 17.7 Å². The molecule has 1 amide bonds. The zero-order valence-electron chi connectivity index (χ0n) is 15.2. The Kier molecular flexibility index (Phi) is 5.61. The van der Waals surface area contributed by atoms with Crippen molar-refractivity contribution in [3.05, 3.63) is 59.6 Å². The first kappa shape index (κ1) is 18.7. The molecule has 142 valence electrons. The molecule has 2 heterocycles. The first-order valence-corrected chi connectivity index (χ1v) is 8.62. The third-order valence-corrected chi connectivity index (χ3v) is 4.33. The van der Waals surface area contributed by atoms with E-state index in [4.69, 9.17) is 13.9 Å². The molecule has 27 heavy (non-hydrogen) atoms. The molecule has 1 aliphatic rings. The Morgan fingerprint density at radius 2 is 1.96 bits per heavy atom. The smallest absolute Gasteiger partial charge is 0.295 e. The van der Waals surface area contributed by atoms with Gasteiger partial charge in [-0.1, -0.05) is 0 Å². The second-order valence-electron chi connectivity index (χ2n) is 5.96. The van der Waals surface area contributed by atoms with Crippen molar-refractivity contribution in [2.75, 3.05) is 26.9 Å². The maximum atomic E-state index is 12.7. The Bertz CT molecular complexity index is 838. The molecule has 0 radical (unpaired) electrons. The lowest BCUT2D eigenvalue weighted by Crippen LogP contribution is -2.32. The van der Waals surface area contributed by atoms with Crippen molar-refractivity contribution in [2.45, 2.75) is 13.0 Å². The molecular weight excluding hydrogens is 350 g/mol. The average molecular weight is 371 g/mol. The van der Waals surface area contributed by atoms with Gasteiger partial charge in [-0.2, -0.15) is 0 Å². The minimum Gasteiger partial charge on any atom is -0.507 e. The van der Waals surface area contributed by atoms with Gasteiger partial charge in [0.2, 0.25) is 0 Å². The first-order chi connectivity index (χ1) is 13.1. The van der Waals surface area contributed by atoms with Gasteiger partial charge in [0.05, 0.1) is 25.1 Å². The Balaban J connectivity index is 2.05. The zero-order valence-corrected chi connectivity index (χ0v) is 15.2. The molecular formula is C20H21NO6. The molecule has 0 spiro atoms. The lowest BCUT2D eigenvalue weighted by atomic mass is 9.99. The van der Waals surface area contributed by atoms with Gasteiger partial charge in [-0.15, -0.1) is 0 Å². The van der Waals surface area contributed by atoms with Crippen LogP contribution in [0.2, 0.25) is 0 Å².